The van der Waals surface area contributed by atoms with Gasteiger partial charge in [0.15, 0.2) is 36.5 Å². The molecule has 0 radical (unpaired) electrons. The van der Waals surface area contributed by atoms with E-state index in [-0.39, 0.29) is 0 Å². The van der Waals surface area contributed by atoms with Gasteiger partial charge >= 0.3 is 0 Å². The summed E-state index contributed by atoms with van der Waals surface area (Å²) < 4.78 is 18.0. The van der Waals surface area contributed by atoms with Crippen molar-refractivity contribution >= 4 is 36.5 Å². The van der Waals surface area contributed by atoms with E-state index in [0.29, 0.717) is 0 Å². The van der Waals surface area contributed by atoms with Gasteiger partial charge in [0, 0.05) is 13.1 Å². The second kappa shape index (κ2) is 12.9. The fourth-order valence-electron chi connectivity index (χ4n) is 2.70. The van der Waals surface area contributed by atoms with E-state index in [4.69, 9.17) is 0 Å². The molecule has 0 spiro atoms. The Kier molecular flexibility index (Phi) is 13.2. The summed E-state index contributed by atoms with van der Waals surface area (Å²) in [6.07, 6.45) is 0. The maximum atomic E-state index is 4.06. The van der Waals surface area contributed by atoms with Crippen molar-refractivity contribution in [2.45, 2.75) is 39.0 Å². The standard InChI is InChI=1S/C14H44N6Si4/c1-11-23(18(5)6)16-24(12-2)20(8)14-13-19(7)22(10)15-21(9)17(3)4/h15-16,21-24H,11-14H2,1-10H3. The maximum Gasteiger partial charge on any atom is 0.180 e. The molecule has 0 aliphatic carbocycles. The summed E-state index contributed by atoms with van der Waals surface area (Å²) in [4.78, 5) is 0. The Morgan fingerprint density at radius 1 is 0.625 bits per heavy atom. The maximum absolute atomic E-state index is 4.06. The first kappa shape index (κ1) is 24.6. The Hall–Kier alpha value is 0.628. The number of nitrogens with zero attached hydrogens (tertiary/aromatic N) is 4. The van der Waals surface area contributed by atoms with E-state index in [1.807, 2.05) is 0 Å². The summed E-state index contributed by atoms with van der Waals surface area (Å²) in [5.41, 5.74) is 0. The zero-order chi connectivity index (χ0) is 18.9. The summed E-state index contributed by atoms with van der Waals surface area (Å²) >= 11 is 0. The van der Waals surface area contributed by atoms with Gasteiger partial charge in [-0.05, 0) is 67.5 Å². The van der Waals surface area contributed by atoms with Crippen LogP contribution in [-0.2, 0) is 0 Å². The molecule has 0 rings (SSSR count). The molecule has 0 heterocycles. The van der Waals surface area contributed by atoms with Crippen LogP contribution in [0.2, 0.25) is 25.2 Å². The number of nitrogens with one attached hydrogen (secondary N) is 2. The van der Waals surface area contributed by atoms with Crippen LogP contribution in [-0.4, -0.2) is 110 Å². The van der Waals surface area contributed by atoms with Crippen molar-refractivity contribution in [1.29, 1.82) is 0 Å². The van der Waals surface area contributed by atoms with Crippen molar-refractivity contribution in [3.8, 4) is 0 Å². The summed E-state index contributed by atoms with van der Waals surface area (Å²) in [5, 5.41) is 0. The molecule has 146 valence electrons. The third-order valence-electron chi connectivity index (χ3n) is 5.04. The highest BCUT2D eigenvalue weighted by Crippen LogP contribution is 2.00. The lowest BCUT2D eigenvalue weighted by molar-refractivity contribution is 0.420. The molecule has 0 aliphatic rings. The third-order valence-corrected chi connectivity index (χ3v) is 19.2. The van der Waals surface area contributed by atoms with Crippen molar-refractivity contribution in [2.75, 3.05) is 55.4 Å². The third kappa shape index (κ3) is 9.36. The van der Waals surface area contributed by atoms with E-state index >= 15 is 0 Å². The van der Waals surface area contributed by atoms with Crippen LogP contribution < -0.4 is 9.30 Å². The van der Waals surface area contributed by atoms with Crippen LogP contribution in [0.1, 0.15) is 13.8 Å². The average molecular weight is 409 g/mol. The van der Waals surface area contributed by atoms with E-state index in [9.17, 15) is 0 Å². The Balaban J connectivity index is 4.39. The molecule has 4 atom stereocenters. The minimum absolute atomic E-state index is 0.914. The van der Waals surface area contributed by atoms with Crippen LogP contribution in [0.5, 0.6) is 0 Å². The first-order valence-electron chi connectivity index (χ1n) is 9.39. The zero-order valence-corrected chi connectivity index (χ0v) is 22.5. The molecule has 6 nitrogen and oxygen atoms in total. The fourth-order valence-corrected chi connectivity index (χ4v) is 15.9. The second-order valence-electron chi connectivity index (χ2n) is 7.42. The van der Waals surface area contributed by atoms with Crippen LogP contribution in [0.25, 0.3) is 0 Å². The SMILES string of the molecule is CC[SiH](N[SiH](CC)N(C)CCN(C)[SiH](C)N[SiH](C)N(C)C)N(C)C. The summed E-state index contributed by atoms with van der Waals surface area (Å²) in [5.74, 6) is 0. The van der Waals surface area contributed by atoms with Crippen molar-refractivity contribution in [3.05, 3.63) is 0 Å². The Labute approximate surface area is 158 Å². The number of rotatable bonds is 13. The lowest BCUT2D eigenvalue weighted by Gasteiger charge is -2.34. The predicted molar refractivity (Wildman–Crippen MR) is 120 cm³/mol. The van der Waals surface area contributed by atoms with E-state index in [2.05, 4.69) is 96.8 Å². The van der Waals surface area contributed by atoms with Gasteiger partial charge in [0.25, 0.3) is 0 Å². The second-order valence-corrected chi connectivity index (χ2v) is 20.3. The van der Waals surface area contributed by atoms with Gasteiger partial charge in [-0.15, -0.1) is 0 Å². The lowest BCUT2D eigenvalue weighted by atomic mass is 10.6. The minimum atomic E-state index is -1.00. The highest BCUT2D eigenvalue weighted by Gasteiger charge is 2.22. The summed E-state index contributed by atoms with van der Waals surface area (Å²) in [7, 11) is 9.65. The van der Waals surface area contributed by atoms with E-state index in [0.717, 1.165) is 0 Å². The highest BCUT2D eigenvalue weighted by molar-refractivity contribution is 6.70. The first-order chi connectivity index (χ1) is 11.1. The number of hydrogen-bond acceptors (Lipinski definition) is 6. The zero-order valence-electron chi connectivity index (χ0n) is 17.9. The van der Waals surface area contributed by atoms with E-state index in [1.165, 1.54) is 25.2 Å². The predicted octanol–water partition coefficient (Wildman–Crippen LogP) is -0.666. The monoisotopic (exact) mass is 408 g/mol. The first-order valence-corrected chi connectivity index (χ1v) is 17.7. The molecular weight excluding hydrogens is 365 g/mol. The summed E-state index contributed by atoms with van der Waals surface area (Å²) in [6.45, 7) is 11.8. The van der Waals surface area contributed by atoms with Gasteiger partial charge in [0.05, 0.1) is 0 Å². The van der Waals surface area contributed by atoms with E-state index in [1.54, 1.807) is 0 Å². The van der Waals surface area contributed by atoms with Gasteiger partial charge in [-0.2, -0.15) is 0 Å². The van der Waals surface area contributed by atoms with Crippen LogP contribution in [0.3, 0.4) is 0 Å². The average Bonchev–Trinajstić information content (AvgIpc) is 2.52. The van der Waals surface area contributed by atoms with Gasteiger partial charge < -0.3 is 27.6 Å². The number of hydrogen-bond donors (Lipinski definition) is 2. The molecule has 0 aliphatic heterocycles. The van der Waals surface area contributed by atoms with Gasteiger partial charge in [-0.1, -0.05) is 13.8 Å². The molecule has 0 aromatic rings. The Bertz CT molecular complexity index is 324. The van der Waals surface area contributed by atoms with Crippen LogP contribution >= 0.6 is 0 Å². The normalized spacial score (nSPS) is 17.8. The van der Waals surface area contributed by atoms with Gasteiger partial charge in [-0.3, -0.25) is 0 Å². The highest BCUT2D eigenvalue weighted by atomic mass is 28.4. The van der Waals surface area contributed by atoms with Crippen LogP contribution in [0.4, 0.5) is 0 Å². The quantitative estimate of drug-likeness (QED) is 0.394. The molecule has 2 N–H and O–H groups in total. The van der Waals surface area contributed by atoms with Gasteiger partial charge in [0.1, 0.15) is 0 Å². The Morgan fingerprint density at radius 2 is 1.12 bits per heavy atom. The molecule has 0 saturated carbocycles. The Morgan fingerprint density at radius 3 is 1.54 bits per heavy atom. The molecule has 4 unspecified atom stereocenters. The van der Waals surface area contributed by atoms with Gasteiger partial charge in [0.2, 0.25) is 0 Å². The van der Waals surface area contributed by atoms with Crippen LogP contribution in [0, 0.1) is 0 Å². The van der Waals surface area contributed by atoms with Crippen molar-refractivity contribution in [3.63, 3.8) is 0 Å². The molecule has 24 heavy (non-hydrogen) atoms. The van der Waals surface area contributed by atoms with Crippen molar-refractivity contribution in [1.82, 2.24) is 27.6 Å². The van der Waals surface area contributed by atoms with Crippen molar-refractivity contribution < 1.29 is 0 Å². The van der Waals surface area contributed by atoms with Gasteiger partial charge in [-0.25, -0.2) is 0 Å². The molecule has 0 aromatic carbocycles. The molecule has 10 heteroatoms. The molecule has 0 amide bonds. The smallest absolute Gasteiger partial charge is 0.180 e. The fraction of sp³-hybridized carbons (Fsp3) is 1.00. The molecule has 0 saturated heterocycles. The topological polar surface area (TPSA) is 37.0 Å². The van der Waals surface area contributed by atoms with Crippen molar-refractivity contribution in [2.24, 2.45) is 0 Å². The molecule has 0 aromatic heterocycles. The lowest BCUT2D eigenvalue weighted by Crippen LogP contribution is -2.60. The van der Waals surface area contributed by atoms with E-state index < -0.39 is 36.5 Å². The van der Waals surface area contributed by atoms with Crippen LogP contribution in [0.15, 0.2) is 0 Å². The molecule has 0 fully saturated rings. The summed E-state index contributed by atoms with van der Waals surface area (Å²) in [6, 6.07) is 2.60. The molecular formula is C14H44N6Si4. The molecule has 0 bridgehead atoms. The number of likely N-dealkylation sites (N-methyl/N-ethyl adjacent to an activating group) is 2. The minimum Gasteiger partial charge on any atom is -0.340 e. The largest absolute Gasteiger partial charge is 0.340 e.